The summed E-state index contributed by atoms with van der Waals surface area (Å²) in [6.07, 6.45) is 29.9. The molecule has 46 heavy (non-hydrogen) atoms. The van der Waals surface area contributed by atoms with Crippen molar-refractivity contribution >= 4 is 37.3 Å². The van der Waals surface area contributed by atoms with Crippen LogP contribution in [0.2, 0.25) is 0 Å². The van der Waals surface area contributed by atoms with E-state index in [0.717, 1.165) is 57.8 Å². The van der Waals surface area contributed by atoms with E-state index in [-0.39, 0.29) is 0 Å². The van der Waals surface area contributed by atoms with Gasteiger partial charge in [-0.15, -0.1) is 0 Å². The molecule has 0 radical (unpaired) electrons. The molecule has 3 rings (SSSR count). The lowest BCUT2D eigenvalue weighted by Gasteiger charge is -2.31. The fourth-order valence-corrected chi connectivity index (χ4v) is 21.1. The normalized spacial score (nSPS) is 23.0. The van der Waals surface area contributed by atoms with Crippen molar-refractivity contribution in [1.82, 2.24) is 0 Å². The van der Waals surface area contributed by atoms with Gasteiger partial charge in [-0.25, -0.2) is 0 Å². The highest BCUT2D eigenvalue weighted by Crippen LogP contribution is 2.59. The second-order valence-corrected chi connectivity index (χ2v) is 26.0. The van der Waals surface area contributed by atoms with Gasteiger partial charge in [0.15, 0.2) is 22.1 Å². The summed E-state index contributed by atoms with van der Waals surface area (Å²) in [5, 5.41) is 0. The summed E-state index contributed by atoms with van der Waals surface area (Å²) >= 11 is -3.25. The Hall–Kier alpha value is 1.10. The van der Waals surface area contributed by atoms with Crippen LogP contribution >= 0.6 is 22.1 Å². The Balaban J connectivity index is 1.84. The van der Waals surface area contributed by atoms with Crippen LogP contribution in [0, 0.1) is 17.8 Å². The van der Waals surface area contributed by atoms with E-state index < -0.39 is 37.3 Å². The van der Waals surface area contributed by atoms with Crippen LogP contribution in [-0.4, -0.2) is 52.1 Å². The zero-order valence-electron chi connectivity index (χ0n) is 30.3. The molecule has 0 aromatic heterocycles. The molecule has 0 N–H and O–H groups in total. The van der Waals surface area contributed by atoms with Crippen molar-refractivity contribution in [3.8, 4) is 0 Å². The molecule has 10 heteroatoms. The lowest BCUT2D eigenvalue weighted by Crippen LogP contribution is -2.28. The molecule has 3 aliphatic rings. The van der Waals surface area contributed by atoms with E-state index in [1.54, 1.807) is 0 Å². The highest BCUT2D eigenvalue weighted by atomic mass is 31.2. The van der Waals surface area contributed by atoms with Crippen molar-refractivity contribution < 1.29 is 24.4 Å². The standard InChI is InChI=1S/3C12H25O2P.Al/c3*1-2-3-10-15(13,14)11-9-12-7-5-4-6-8-12;/h3*12H,2-11H2,1H3,(H,13,14);/q;;;+3/p-3. The Morgan fingerprint density at radius 1 is 0.435 bits per heavy atom. The predicted octanol–water partition coefficient (Wildman–Crippen LogP) is 13.2. The van der Waals surface area contributed by atoms with Gasteiger partial charge in [-0.2, -0.15) is 0 Å². The first kappa shape index (κ1) is 41.5. The third-order valence-electron chi connectivity index (χ3n) is 11.2. The zero-order chi connectivity index (χ0) is 33.1. The van der Waals surface area contributed by atoms with Gasteiger partial charge in [0, 0.05) is 37.0 Å². The molecule has 0 amide bonds. The van der Waals surface area contributed by atoms with Crippen molar-refractivity contribution in [1.29, 1.82) is 0 Å². The zero-order valence-corrected chi connectivity index (χ0v) is 34.2. The lowest BCUT2D eigenvalue weighted by molar-refractivity contribution is 0.294. The molecule has 0 aromatic carbocycles. The van der Waals surface area contributed by atoms with Crippen LogP contribution in [0.5, 0.6) is 0 Å². The van der Waals surface area contributed by atoms with Gasteiger partial charge in [0.1, 0.15) is 0 Å². The minimum atomic E-state index is -3.25. The Bertz CT molecular complexity index is 827. The Morgan fingerprint density at radius 2 is 0.696 bits per heavy atom. The minimum absolute atomic E-state index is 0.509. The van der Waals surface area contributed by atoms with Gasteiger partial charge in [0.05, 0.1) is 0 Å². The maximum atomic E-state index is 14.7. The molecule has 3 saturated carbocycles. The quantitative estimate of drug-likeness (QED) is 0.0729. The van der Waals surface area contributed by atoms with Crippen LogP contribution in [0.3, 0.4) is 0 Å². The SMILES string of the molecule is CCCCP(=O)(CCC1CCCCC1)[O][Al]([O]P(=O)(CCCC)CCC1CCCCC1)[O]P(=O)(CCCC)CCC1CCCCC1. The largest absolute Gasteiger partial charge is 0.921 e. The number of rotatable bonds is 24. The summed E-state index contributed by atoms with van der Waals surface area (Å²) in [6.45, 7) is 6.38. The van der Waals surface area contributed by atoms with E-state index in [2.05, 4.69) is 20.8 Å². The Morgan fingerprint density at radius 3 is 0.935 bits per heavy atom. The Kier molecular flexibility index (Phi) is 20.6. The minimum Gasteiger partial charge on any atom is -0.405 e. The van der Waals surface area contributed by atoms with Crippen molar-refractivity contribution in [3.05, 3.63) is 0 Å². The molecule has 270 valence electrons. The molecule has 0 bridgehead atoms. The average molecular weight is 721 g/mol. The maximum Gasteiger partial charge on any atom is 0.921 e. The van der Waals surface area contributed by atoms with Crippen LogP contribution < -0.4 is 0 Å². The fraction of sp³-hybridized carbons (Fsp3) is 1.00. The van der Waals surface area contributed by atoms with Crippen LogP contribution in [0.1, 0.15) is 175 Å². The number of hydrogen-bond donors (Lipinski definition) is 0. The molecule has 3 fully saturated rings. The second-order valence-electron chi connectivity index (χ2n) is 15.3. The van der Waals surface area contributed by atoms with E-state index in [1.165, 1.54) is 96.3 Å². The summed E-state index contributed by atoms with van der Waals surface area (Å²) in [5.41, 5.74) is 0. The summed E-state index contributed by atoms with van der Waals surface area (Å²) < 4.78 is 64.1. The molecule has 0 aromatic rings. The van der Waals surface area contributed by atoms with Gasteiger partial charge in [-0.1, -0.05) is 136 Å². The van der Waals surface area contributed by atoms with E-state index in [9.17, 15) is 13.7 Å². The number of unbranched alkanes of at least 4 members (excludes halogenated alkanes) is 3. The molecule has 6 nitrogen and oxygen atoms in total. The fourth-order valence-electron chi connectivity index (χ4n) is 7.94. The van der Waals surface area contributed by atoms with Gasteiger partial charge >= 0.3 is 15.1 Å². The van der Waals surface area contributed by atoms with Crippen LogP contribution in [-0.2, 0) is 24.4 Å². The first-order valence-corrected chi connectivity index (χ1v) is 27.4. The van der Waals surface area contributed by atoms with Crippen LogP contribution in [0.15, 0.2) is 0 Å². The molecular weight excluding hydrogens is 648 g/mol. The third-order valence-corrected chi connectivity index (χ3v) is 23.7. The summed E-state index contributed by atoms with van der Waals surface area (Å²) in [4.78, 5) is 0. The average Bonchev–Trinajstić information content (AvgIpc) is 3.08. The van der Waals surface area contributed by atoms with Gasteiger partial charge in [0.25, 0.3) is 0 Å². The highest BCUT2D eigenvalue weighted by Gasteiger charge is 2.49. The van der Waals surface area contributed by atoms with Crippen LogP contribution in [0.4, 0.5) is 0 Å². The van der Waals surface area contributed by atoms with Crippen molar-refractivity contribution in [2.45, 2.75) is 175 Å². The maximum absolute atomic E-state index is 14.7. The van der Waals surface area contributed by atoms with Gasteiger partial charge in [-0.05, 0) is 56.3 Å². The van der Waals surface area contributed by atoms with Gasteiger partial charge in [-0.3, -0.25) is 13.7 Å². The highest BCUT2D eigenvalue weighted by molar-refractivity contribution is 7.63. The van der Waals surface area contributed by atoms with E-state index in [0.29, 0.717) is 54.7 Å². The number of hydrogen-bond acceptors (Lipinski definition) is 6. The van der Waals surface area contributed by atoms with Crippen LogP contribution in [0.25, 0.3) is 0 Å². The first-order chi connectivity index (χ1) is 22.2. The molecule has 3 unspecified atom stereocenters. The first-order valence-electron chi connectivity index (χ1n) is 20.0. The van der Waals surface area contributed by atoms with Gasteiger partial charge < -0.3 is 10.7 Å². The van der Waals surface area contributed by atoms with Crippen molar-refractivity contribution in [2.24, 2.45) is 17.8 Å². The monoisotopic (exact) mass is 720 g/mol. The van der Waals surface area contributed by atoms with Crippen molar-refractivity contribution in [2.75, 3.05) is 37.0 Å². The molecule has 0 heterocycles. The van der Waals surface area contributed by atoms with E-state index in [1.807, 2.05) is 0 Å². The molecule has 3 aliphatic carbocycles. The molecular formula is C36H72AlO6P3. The summed E-state index contributed by atoms with van der Waals surface area (Å²) in [6, 6.07) is 0. The molecule has 0 saturated heterocycles. The topological polar surface area (TPSA) is 78.9 Å². The third kappa shape index (κ3) is 16.4. The summed E-state index contributed by atoms with van der Waals surface area (Å²) in [5.74, 6) is 1.81. The molecule has 3 atom stereocenters. The van der Waals surface area contributed by atoms with Gasteiger partial charge in [0.2, 0.25) is 0 Å². The van der Waals surface area contributed by atoms with E-state index >= 15 is 0 Å². The Labute approximate surface area is 290 Å². The van der Waals surface area contributed by atoms with E-state index in [4.69, 9.17) is 10.7 Å². The second kappa shape index (κ2) is 22.8. The molecule has 0 aliphatic heterocycles. The smallest absolute Gasteiger partial charge is 0.405 e. The summed E-state index contributed by atoms with van der Waals surface area (Å²) in [7, 11) is -9.31. The lowest BCUT2D eigenvalue weighted by atomic mass is 9.88. The van der Waals surface area contributed by atoms with Crippen molar-refractivity contribution in [3.63, 3.8) is 0 Å². The molecule has 0 spiro atoms. The predicted molar refractivity (Wildman–Crippen MR) is 199 cm³/mol.